The SMILES string of the molecule is CCCC1NC(C)(CC)C(=O)N1C1CCCC(C)CC1. The van der Waals surface area contributed by atoms with Crippen molar-refractivity contribution in [2.75, 3.05) is 0 Å². The van der Waals surface area contributed by atoms with Crippen LogP contribution in [-0.2, 0) is 4.79 Å². The number of amides is 1. The van der Waals surface area contributed by atoms with Gasteiger partial charge in [0.1, 0.15) is 0 Å². The fourth-order valence-electron chi connectivity index (χ4n) is 3.83. The zero-order chi connectivity index (χ0) is 14.8. The molecule has 1 amide bonds. The van der Waals surface area contributed by atoms with Gasteiger partial charge in [-0.3, -0.25) is 10.1 Å². The molecule has 1 aliphatic heterocycles. The average Bonchev–Trinajstić information content (AvgIpc) is 2.57. The van der Waals surface area contributed by atoms with Gasteiger partial charge in [0.2, 0.25) is 5.91 Å². The Hall–Kier alpha value is -0.570. The summed E-state index contributed by atoms with van der Waals surface area (Å²) in [6, 6.07) is 0.463. The van der Waals surface area contributed by atoms with Crippen LogP contribution in [0, 0.1) is 5.92 Å². The minimum atomic E-state index is -0.336. The zero-order valence-corrected chi connectivity index (χ0v) is 13.7. The molecular formula is C17H32N2O. The van der Waals surface area contributed by atoms with Crippen LogP contribution in [0.4, 0.5) is 0 Å². The molecule has 0 aromatic heterocycles. The second-order valence-corrected chi connectivity index (χ2v) is 7.11. The first-order chi connectivity index (χ1) is 9.51. The van der Waals surface area contributed by atoms with Gasteiger partial charge >= 0.3 is 0 Å². The van der Waals surface area contributed by atoms with Gasteiger partial charge in [0.05, 0.1) is 11.7 Å². The lowest BCUT2D eigenvalue weighted by molar-refractivity contribution is -0.135. The van der Waals surface area contributed by atoms with E-state index < -0.39 is 0 Å². The van der Waals surface area contributed by atoms with Crippen molar-refractivity contribution in [3.8, 4) is 0 Å². The Morgan fingerprint density at radius 1 is 1.25 bits per heavy atom. The lowest BCUT2D eigenvalue weighted by Crippen LogP contribution is -2.45. The Kier molecular flexibility index (Phi) is 5.11. The molecule has 2 fully saturated rings. The molecule has 1 saturated heterocycles. The van der Waals surface area contributed by atoms with Crippen LogP contribution in [0.25, 0.3) is 0 Å². The van der Waals surface area contributed by atoms with Crippen molar-refractivity contribution in [1.82, 2.24) is 10.2 Å². The second-order valence-electron chi connectivity index (χ2n) is 7.11. The number of hydrogen-bond acceptors (Lipinski definition) is 2. The third kappa shape index (κ3) is 3.03. The number of carbonyl (C=O) groups is 1. The van der Waals surface area contributed by atoms with E-state index in [9.17, 15) is 4.79 Å². The summed E-state index contributed by atoms with van der Waals surface area (Å²) in [7, 11) is 0. The molecule has 0 spiro atoms. The molecule has 0 radical (unpaired) electrons. The summed E-state index contributed by atoms with van der Waals surface area (Å²) in [5, 5.41) is 3.62. The molecule has 4 unspecified atom stereocenters. The van der Waals surface area contributed by atoms with Gasteiger partial charge in [-0.25, -0.2) is 0 Å². The van der Waals surface area contributed by atoms with E-state index in [1.807, 2.05) is 0 Å². The molecule has 3 nitrogen and oxygen atoms in total. The van der Waals surface area contributed by atoms with E-state index in [-0.39, 0.29) is 11.7 Å². The van der Waals surface area contributed by atoms with E-state index in [1.165, 1.54) is 32.1 Å². The highest BCUT2D eigenvalue weighted by Gasteiger charge is 2.48. The van der Waals surface area contributed by atoms with Crippen LogP contribution >= 0.6 is 0 Å². The first kappa shape index (κ1) is 15.8. The summed E-state index contributed by atoms with van der Waals surface area (Å²) in [5.74, 6) is 1.17. The van der Waals surface area contributed by atoms with Crippen LogP contribution in [0.2, 0.25) is 0 Å². The smallest absolute Gasteiger partial charge is 0.244 e. The molecular weight excluding hydrogens is 248 g/mol. The third-order valence-corrected chi connectivity index (χ3v) is 5.42. The Balaban J connectivity index is 2.15. The minimum absolute atomic E-state index is 0.260. The zero-order valence-electron chi connectivity index (χ0n) is 13.7. The Morgan fingerprint density at radius 3 is 2.65 bits per heavy atom. The van der Waals surface area contributed by atoms with Crippen molar-refractivity contribution < 1.29 is 4.79 Å². The van der Waals surface area contributed by atoms with Gasteiger partial charge < -0.3 is 4.90 Å². The summed E-state index contributed by atoms with van der Waals surface area (Å²) < 4.78 is 0. The molecule has 3 heteroatoms. The monoisotopic (exact) mass is 280 g/mol. The number of rotatable bonds is 4. The van der Waals surface area contributed by atoms with Gasteiger partial charge in [0, 0.05) is 6.04 Å². The van der Waals surface area contributed by atoms with Gasteiger partial charge in [0.15, 0.2) is 0 Å². The predicted octanol–water partition coefficient (Wildman–Crippen LogP) is 3.68. The lowest BCUT2D eigenvalue weighted by Gasteiger charge is -2.32. The van der Waals surface area contributed by atoms with Crippen LogP contribution in [0.3, 0.4) is 0 Å². The number of carbonyl (C=O) groups excluding carboxylic acids is 1. The van der Waals surface area contributed by atoms with Crippen LogP contribution in [0.5, 0.6) is 0 Å². The van der Waals surface area contributed by atoms with E-state index in [2.05, 4.69) is 37.9 Å². The fourth-order valence-corrected chi connectivity index (χ4v) is 3.83. The molecule has 1 N–H and O–H groups in total. The van der Waals surface area contributed by atoms with E-state index >= 15 is 0 Å². The summed E-state index contributed by atoms with van der Waals surface area (Å²) in [5.41, 5.74) is -0.336. The van der Waals surface area contributed by atoms with Crippen LogP contribution in [0.15, 0.2) is 0 Å². The van der Waals surface area contributed by atoms with Crippen molar-refractivity contribution in [2.45, 2.75) is 96.8 Å². The number of nitrogens with zero attached hydrogens (tertiary/aromatic N) is 1. The molecule has 2 aliphatic rings. The second kappa shape index (κ2) is 6.46. The van der Waals surface area contributed by atoms with Crippen molar-refractivity contribution >= 4 is 5.91 Å². The van der Waals surface area contributed by atoms with Crippen LogP contribution < -0.4 is 5.32 Å². The molecule has 0 bridgehead atoms. The normalized spacial score (nSPS) is 39.1. The first-order valence-corrected chi connectivity index (χ1v) is 8.62. The molecule has 20 heavy (non-hydrogen) atoms. The van der Waals surface area contributed by atoms with Gasteiger partial charge in [-0.2, -0.15) is 0 Å². The molecule has 0 aromatic carbocycles. The molecule has 4 atom stereocenters. The van der Waals surface area contributed by atoms with E-state index in [1.54, 1.807) is 0 Å². The third-order valence-electron chi connectivity index (χ3n) is 5.42. The van der Waals surface area contributed by atoms with Crippen molar-refractivity contribution in [3.05, 3.63) is 0 Å². The van der Waals surface area contributed by atoms with Crippen LogP contribution in [0.1, 0.15) is 79.1 Å². The van der Waals surface area contributed by atoms with Crippen molar-refractivity contribution in [1.29, 1.82) is 0 Å². The van der Waals surface area contributed by atoms with Gasteiger partial charge in [-0.1, -0.05) is 40.0 Å². The van der Waals surface area contributed by atoms with Gasteiger partial charge in [0.25, 0.3) is 0 Å². The molecule has 116 valence electrons. The topological polar surface area (TPSA) is 32.3 Å². The highest BCUT2D eigenvalue weighted by atomic mass is 16.2. The van der Waals surface area contributed by atoms with E-state index in [0.717, 1.165) is 25.2 Å². The van der Waals surface area contributed by atoms with E-state index in [4.69, 9.17) is 0 Å². The number of hydrogen-bond donors (Lipinski definition) is 1. The Morgan fingerprint density at radius 2 is 2.00 bits per heavy atom. The summed E-state index contributed by atoms with van der Waals surface area (Å²) in [6.07, 6.45) is 9.61. The molecule has 1 heterocycles. The maximum absolute atomic E-state index is 12.9. The summed E-state index contributed by atoms with van der Waals surface area (Å²) in [4.78, 5) is 15.1. The van der Waals surface area contributed by atoms with Crippen molar-refractivity contribution in [3.63, 3.8) is 0 Å². The first-order valence-electron chi connectivity index (χ1n) is 8.62. The summed E-state index contributed by atoms with van der Waals surface area (Å²) >= 11 is 0. The fraction of sp³-hybridized carbons (Fsp3) is 0.941. The maximum Gasteiger partial charge on any atom is 0.244 e. The summed E-state index contributed by atoms with van der Waals surface area (Å²) in [6.45, 7) is 8.76. The largest absolute Gasteiger partial charge is 0.323 e. The molecule has 0 aromatic rings. The Labute approximate surface area is 124 Å². The predicted molar refractivity (Wildman–Crippen MR) is 83.4 cm³/mol. The average molecular weight is 280 g/mol. The molecule has 2 rings (SSSR count). The highest BCUT2D eigenvalue weighted by Crippen LogP contribution is 2.33. The maximum atomic E-state index is 12.9. The van der Waals surface area contributed by atoms with Crippen molar-refractivity contribution in [2.24, 2.45) is 5.92 Å². The lowest BCUT2D eigenvalue weighted by atomic mass is 9.98. The molecule has 1 aliphatic carbocycles. The standard InChI is InChI=1S/C17H32N2O/c1-5-8-15-18-17(4,6-2)16(20)19(15)14-10-7-9-13(3)11-12-14/h13-15,18H,5-12H2,1-4H3. The number of nitrogens with one attached hydrogen (secondary N) is 1. The minimum Gasteiger partial charge on any atom is -0.323 e. The van der Waals surface area contributed by atoms with Crippen LogP contribution in [-0.4, -0.2) is 28.6 Å². The highest BCUT2D eigenvalue weighted by molar-refractivity contribution is 5.88. The van der Waals surface area contributed by atoms with E-state index in [0.29, 0.717) is 11.9 Å². The van der Waals surface area contributed by atoms with Gasteiger partial charge in [-0.15, -0.1) is 0 Å². The van der Waals surface area contributed by atoms with Gasteiger partial charge in [-0.05, 0) is 44.9 Å². The Bertz CT molecular complexity index is 344. The quantitative estimate of drug-likeness (QED) is 0.797. The molecule has 1 saturated carbocycles.